The van der Waals surface area contributed by atoms with Crippen LogP contribution in [-0.2, 0) is 4.79 Å². The van der Waals surface area contributed by atoms with E-state index < -0.39 is 5.91 Å². The van der Waals surface area contributed by atoms with Gasteiger partial charge in [-0.2, -0.15) is 5.26 Å². The summed E-state index contributed by atoms with van der Waals surface area (Å²) >= 11 is 8.25. The molecule has 0 radical (unpaired) electrons. The van der Waals surface area contributed by atoms with Crippen LogP contribution in [0.2, 0.25) is 5.02 Å². The SMILES string of the molecule is CCOc1cc(/C=C(\C#N)C(=O)Nc2cccc(Cl)c2C)cc(I)c1OC(C)C. The maximum Gasteiger partial charge on any atom is 0.266 e. The maximum absolute atomic E-state index is 12.6. The summed E-state index contributed by atoms with van der Waals surface area (Å²) in [6, 6.07) is 10.8. The van der Waals surface area contributed by atoms with Gasteiger partial charge >= 0.3 is 0 Å². The number of anilines is 1. The van der Waals surface area contributed by atoms with Gasteiger partial charge in [0.15, 0.2) is 11.5 Å². The molecule has 0 spiro atoms. The quantitative estimate of drug-likeness (QED) is 0.275. The van der Waals surface area contributed by atoms with Crippen molar-refractivity contribution in [3.63, 3.8) is 0 Å². The fourth-order valence-corrected chi connectivity index (χ4v) is 3.46. The highest BCUT2D eigenvalue weighted by molar-refractivity contribution is 14.1. The molecular weight excluding hydrogens is 503 g/mol. The molecular formula is C22H22ClIN2O3. The number of carbonyl (C=O) groups is 1. The molecule has 0 aliphatic heterocycles. The number of carbonyl (C=O) groups excluding carboxylic acids is 1. The molecule has 0 bridgehead atoms. The van der Waals surface area contributed by atoms with Crippen LogP contribution in [0.5, 0.6) is 11.5 Å². The summed E-state index contributed by atoms with van der Waals surface area (Å²) < 4.78 is 12.4. The second kappa shape index (κ2) is 10.5. The van der Waals surface area contributed by atoms with Gasteiger partial charge in [0.1, 0.15) is 11.6 Å². The van der Waals surface area contributed by atoms with Crippen molar-refractivity contribution in [2.24, 2.45) is 0 Å². The predicted octanol–water partition coefficient (Wildman–Crippen LogP) is 5.98. The highest BCUT2D eigenvalue weighted by Crippen LogP contribution is 2.35. The molecule has 2 rings (SSSR count). The van der Waals surface area contributed by atoms with Crippen LogP contribution in [0.1, 0.15) is 31.9 Å². The molecule has 7 heteroatoms. The molecule has 2 aromatic rings. The molecule has 0 saturated heterocycles. The molecule has 0 aliphatic carbocycles. The lowest BCUT2D eigenvalue weighted by Crippen LogP contribution is -2.14. The third kappa shape index (κ3) is 6.12. The van der Waals surface area contributed by atoms with Gasteiger partial charge in [0.25, 0.3) is 5.91 Å². The molecule has 0 heterocycles. The number of ether oxygens (including phenoxy) is 2. The van der Waals surface area contributed by atoms with E-state index in [9.17, 15) is 10.1 Å². The van der Waals surface area contributed by atoms with E-state index in [4.69, 9.17) is 21.1 Å². The monoisotopic (exact) mass is 524 g/mol. The molecule has 0 atom stereocenters. The van der Waals surface area contributed by atoms with Gasteiger partial charge in [0.2, 0.25) is 0 Å². The summed E-state index contributed by atoms with van der Waals surface area (Å²) in [7, 11) is 0. The zero-order chi connectivity index (χ0) is 21.6. The van der Waals surface area contributed by atoms with E-state index in [1.165, 1.54) is 6.08 Å². The smallest absolute Gasteiger partial charge is 0.266 e. The largest absolute Gasteiger partial charge is 0.490 e. The molecule has 5 nitrogen and oxygen atoms in total. The number of nitrogens with zero attached hydrogens (tertiary/aromatic N) is 1. The first kappa shape index (κ1) is 23.0. The molecule has 0 aromatic heterocycles. The van der Waals surface area contributed by atoms with Crippen LogP contribution in [0.4, 0.5) is 5.69 Å². The van der Waals surface area contributed by atoms with Crippen LogP contribution >= 0.6 is 34.2 Å². The molecule has 0 aliphatic rings. The molecule has 2 aromatic carbocycles. The Labute approximate surface area is 189 Å². The van der Waals surface area contributed by atoms with E-state index in [0.717, 1.165) is 9.13 Å². The third-order valence-corrected chi connectivity index (χ3v) is 5.09. The van der Waals surface area contributed by atoms with Gasteiger partial charge in [-0.1, -0.05) is 17.7 Å². The number of benzene rings is 2. The summed E-state index contributed by atoms with van der Waals surface area (Å²) in [6.45, 7) is 8.04. The van der Waals surface area contributed by atoms with Gasteiger partial charge in [-0.3, -0.25) is 4.79 Å². The summed E-state index contributed by atoms with van der Waals surface area (Å²) in [5, 5.41) is 12.8. The lowest BCUT2D eigenvalue weighted by Gasteiger charge is -2.17. The number of hydrogen-bond acceptors (Lipinski definition) is 4. The summed E-state index contributed by atoms with van der Waals surface area (Å²) in [4.78, 5) is 12.6. The normalized spacial score (nSPS) is 11.2. The van der Waals surface area contributed by atoms with Crippen LogP contribution in [0.25, 0.3) is 6.08 Å². The minimum Gasteiger partial charge on any atom is -0.490 e. The molecule has 1 N–H and O–H groups in total. The van der Waals surface area contributed by atoms with Crippen molar-refractivity contribution in [2.75, 3.05) is 11.9 Å². The lowest BCUT2D eigenvalue weighted by atomic mass is 10.1. The first-order valence-corrected chi connectivity index (χ1v) is 10.5. The molecule has 29 heavy (non-hydrogen) atoms. The van der Waals surface area contributed by atoms with E-state index >= 15 is 0 Å². The van der Waals surface area contributed by atoms with E-state index in [2.05, 4.69) is 27.9 Å². The second-order valence-corrected chi connectivity index (χ2v) is 8.04. The lowest BCUT2D eigenvalue weighted by molar-refractivity contribution is -0.112. The van der Waals surface area contributed by atoms with E-state index in [1.54, 1.807) is 31.2 Å². The first-order valence-electron chi connectivity index (χ1n) is 9.08. The summed E-state index contributed by atoms with van der Waals surface area (Å²) in [5.41, 5.74) is 1.95. The van der Waals surface area contributed by atoms with Gasteiger partial charge in [-0.05, 0) is 91.8 Å². The Morgan fingerprint density at radius 2 is 2.10 bits per heavy atom. The van der Waals surface area contributed by atoms with Gasteiger partial charge in [0.05, 0.1) is 16.3 Å². The van der Waals surface area contributed by atoms with Crippen molar-refractivity contribution >= 4 is 51.9 Å². The average Bonchev–Trinajstić information content (AvgIpc) is 2.66. The number of amides is 1. The minimum absolute atomic E-state index is 0.00880. The first-order chi connectivity index (χ1) is 13.8. The van der Waals surface area contributed by atoms with Gasteiger partial charge in [0, 0.05) is 10.7 Å². The maximum atomic E-state index is 12.6. The zero-order valence-corrected chi connectivity index (χ0v) is 19.6. The minimum atomic E-state index is -0.506. The average molecular weight is 525 g/mol. The van der Waals surface area contributed by atoms with Crippen molar-refractivity contribution in [2.45, 2.75) is 33.8 Å². The Bertz CT molecular complexity index is 981. The topological polar surface area (TPSA) is 71.3 Å². The second-order valence-electron chi connectivity index (χ2n) is 6.47. The Hall–Kier alpha value is -2.24. The zero-order valence-electron chi connectivity index (χ0n) is 16.7. The van der Waals surface area contributed by atoms with Crippen molar-refractivity contribution in [3.8, 4) is 17.6 Å². The number of rotatable bonds is 7. The Balaban J connectivity index is 2.37. The van der Waals surface area contributed by atoms with Crippen LogP contribution < -0.4 is 14.8 Å². The number of nitrogens with one attached hydrogen (secondary N) is 1. The van der Waals surface area contributed by atoms with Crippen LogP contribution in [0.3, 0.4) is 0 Å². The van der Waals surface area contributed by atoms with E-state index in [0.29, 0.717) is 34.4 Å². The molecule has 0 saturated carbocycles. The van der Waals surface area contributed by atoms with Gasteiger partial charge in [-0.15, -0.1) is 0 Å². The van der Waals surface area contributed by atoms with Crippen LogP contribution in [0.15, 0.2) is 35.9 Å². The highest BCUT2D eigenvalue weighted by atomic mass is 127. The molecule has 1 amide bonds. The number of nitriles is 1. The standard InChI is InChI=1S/C22H22ClIN2O3/c1-5-28-20-11-15(10-18(24)21(20)29-13(2)3)9-16(12-25)22(27)26-19-8-6-7-17(23)14(19)4/h6-11,13H,5H2,1-4H3,(H,26,27)/b16-9+. The van der Waals surface area contributed by atoms with E-state index in [1.807, 2.05) is 32.9 Å². The highest BCUT2D eigenvalue weighted by Gasteiger charge is 2.16. The number of halogens is 2. The van der Waals surface area contributed by atoms with Gasteiger partial charge in [-0.25, -0.2) is 0 Å². The molecule has 152 valence electrons. The summed E-state index contributed by atoms with van der Waals surface area (Å²) in [6.07, 6.45) is 1.52. The molecule has 0 unspecified atom stereocenters. The summed E-state index contributed by atoms with van der Waals surface area (Å²) in [5.74, 6) is 0.716. The van der Waals surface area contributed by atoms with Crippen molar-refractivity contribution in [1.29, 1.82) is 5.26 Å². The Kier molecular flexibility index (Phi) is 8.35. The number of hydrogen-bond donors (Lipinski definition) is 1. The molecule has 0 fully saturated rings. The van der Waals surface area contributed by atoms with Crippen molar-refractivity contribution < 1.29 is 14.3 Å². The van der Waals surface area contributed by atoms with Crippen LogP contribution in [-0.4, -0.2) is 18.6 Å². The fourth-order valence-electron chi connectivity index (χ4n) is 2.53. The predicted molar refractivity (Wildman–Crippen MR) is 125 cm³/mol. The third-order valence-electron chi connectivity index (χ3n) is 3.88. The van der Waals surface area contributed by atoms with Gasteiger partial charge < -0.3 is 14.8 Å². The fraction of sp³-hybridized carbons (Fsp3) is 0.273. The Morgan fingerprint density at radius 3 is 2.72 bits per heavy atom. The Morgan fingerprint density at radius 1 is 1.38 bits per heavy atom. The van der Waals surface area contributed by atoms with E-state index in [-0.39, 0.29) is 11.7 Å². The van der Waals surface area contributed by atoms with Crippen molar-refractivity contribution in [1.82, 2.24) is 0 Å². The van der Waals surface area contributed by atoms with Crippen LogP contribution in [0, 0.1) is 21.8 Å². The van der Waals surface area contributed by atoms with Crippen molar-refractivity contribution in [3.05, 3.63) is 55.6 Å².